The van der Waals surface area contributed by atoms with E-state index in [0.717, 1.165) is 16.0 Å². The molecule has 1 N–H and O–H groups in total. The molecule has 0 aliphatic rings. The summed E-state index contributed by atoms with van der Waals surface area (Å²) in [6, 6.07) is 10.7. The van der Waals surface area contributed by atoms with Crippen LogP contribution >= 0.6 is 11.3 Å². The fourth-order valence-corrected chi connectivity index (χ4v) is 3.14. The van der Waals surface area contributed by atoms with E-state index in [-0.39, 0.29) is 6.61 Å². The maximum Gasteiger partial charge on any atom is 0.344 e. The van der Waals surface area contributed by atoms with E-state index in [0.29, 0.717) is 17.5 Å². The van der Waals surface area contributed by atoms with E-state index in [4.69, 9.17) is 14.2 Å². The van der Waals surface area contributed by atoms with Crippen LogP contribution in [0.4, 0.5) is 9.52 Å². The van der Waals surface area contributed by atoms with Gasteiger partial charge in [0.05, 0.1) is 16.8 Å². The van der Waals surface area contributed by atoms with Gasteiger partial charge in [-0.05, 0) is 49.4 Å². The van der Waals surface area contributed by atoms with Crippen molar-refractivity contribution in [2.75, 3.05) is 25.1 Å². The molecule has 0 bridgehead atoms. The Labute approximate surface area is 164 Å². The van der Waals surface area contributed by atoms with Crippen molar-refractivity contribution in [1.29, 1.82) is 0 Å². The summed E-state index contributed by atoms with van der Waals surface area (Å²) in [5.74, 6) is -0.588. The highest BCUT2D eigenvalue weighted by molar-refractivity contribution is 7.22. The topological polar surface area (TPSA) is 86.8 Å². The summed E-state index contributed by atoms with van der Waals surface area (Å²) >= 11 is 1.29. The van der Waals surface area contributed by atoms with Crippen LogP contribution in [-0.4, -0.2) is 36.7 Å². The zero-order chi connectivity index (χ0) is 19.9. The Morgan fingerprint density at radius 3 is 2.57 bits per heavy atom. The summed E-state index contributed by atoms with van der Waals surface area (Å²) in [6.45, 7) is 1.60. The van der Waals surface area contributed by atoms with Crippen molar-refractivity contribution in [3.05, 3.63) is 48.3 Å². The summed E-state index contributed by atoms with van der Waals surface area (Å²) in [7, 11) is 0. The van der Waals surface area contributed by atoms with Crippen molar-refractivity contribution in [3.8, 4) is 11.5 Å². The summed E-state index contributed by atoms with van der Waals surface area (Å²) in [5, 5.41) is 2.98. The predicted octanol–water partition coefficient (Wildman–Crippen LogP) is 3.39. The highest BCUT2D eigenvalue weighted by Crippen LogP contribution is 2.29. The first kappa shape index (κ1) is 19.6. The molecule has 2 aromatic carbocycles. The van der Waals surface area contributed by atoms with Crippen LogP contribution in [0, 0.1) is 5.82 Å². The van der Waals surface area contributed by atoms with Gasteiger partial charge in [0.1, 0.15) is 17.3 Å². The molecular weight excluding hydrogens is 387 g/mol. The number of fused-ring (bicyclic) bond motifs is 1. The molecule has 3 aromatic rings. The van der Waals surface area contributed by atoms with Crippen molar-refractivity contribution >= 4 is 38.6 Å². The molecule has 1 aromatic heterocycles. The minimum Gasteiger partial charge on any atom is -0.494 e. The van der Waals surface area contributed by atoms with Crippen LogP contribution in [0.2, 0.25) is 0 Å². The third-order valence-electron chi connectivity index (χ3n) is 3.45. The second kappa shape index (κ2) is 9.14. The maximum absolute atomic E-state index is 12.8. The fraction of sp³-hybridized carbons (Fsp3) is 0.211. The first-order valence-corrected chi connectivity index (χ1v) is 9.22. The number of hydrogen-bond donors (Lipinski definition) is 1. The van der Waals surface area contributed by atoms with Crippen LogP contribution in [0.3, 0.4) is 0 Å². The van der Waals surface area contributed by atoms with Gasteiger partial charge in [-0.1, -0.05) is 11.3 Å². The molecule has 0 saturated heterocycles. The lowest BCUT2D eigenvalue weighted by atomic mass is 10.3. The number of aromatic nitrogens is 1. The molecule has 1 amide bonds. The van der Waals surface area contributed by atoms with Crippen molar-refractivity contribution < 1.29 is 28.2 Å². The average Bonchev–Trinajstić information content (AvgIpc) is 3.07. The lowest BCUT2D eigenvalue weighted by molar-refractivity contribution is -0.149. The van der Waals surface area contributed by atoms with Crippen molar-refractivity contribution in [3.63, 3.8) is 0 Å². The summed E-state index contributed by atoms with van der Waals surface area (Å²) in [4.78, 5) is 27.9. The monoisotopic (exact) mass is 404 g/mol. The molecule has 7 nitrogen and oxygen atoms in total. The van der Waals surface area contributed by atoms with Gasteiger partial charge in [0.15, 0.2) is 18.3 Å². The van der Waals surface area contributed by atoms with Crippen LogP contribution < -0.4 is 14.8 Å². The SMILES string of the molecule is CCOc1ccc2nc(NC(=O)COC(=O)COc3ccc(F)cc3)sc2c1. The zero-order valence-electron chi connectivity index (χ0n) is 14.9. The molecule has 0 atom stereocenters. The van der Waals surface area contributed by atoms with E-state index >= 15 is 0 Å². The number of esters is 1. The Bertz CT molecular complexity index is 974. The van der Waals surface area contributed by atoms with Gasteiger partial charge in [-0.25, -0.2) is 14.2 Å². The van der Waals surface area contributed by atoms with Crippen LogP contribution in [-0.2, 0) is 14.3 Å². The van der Waals surface area contributed by atoms with Crippen LogP contribution in [0.25, 0.3) is 10.2 Å². The number of ether oxygens (including phenoxy) is 3. The summed E-state index contributed by atoms with van der Waals surface area (Å²) in [6.07, 6.45) is 0. The molecule has 0 spiro atoms. The molecule has 9 heteroatoms. The number of halogens is 1. The van der Waals surface area contributed by atoms with Crippen molar-refractivity contribution in [2.24, 2.45) is 0 Å². The molecular formula is C19H17FN2O5S. The minimum absolute atomic E-state index is 0.323. The average molecular weight is 404 g/mol. The lowest BCUT2D eigenvalue weighted by Gasteiger charge is -2.06. The van der Waals surface area contributed by atoms with Crippen LogP contribution in [0.15, 0.2) is 42.5 Å². The normalized spacial score (nSPS) is 10.5. The third kappa shape index (κ3) is 5.40. The largest absolute Gasteiger partial charge is 0.494 e. The third-order valence-corrected chi connectivity index (χ3v) is 4.39. The molecule has 28 heavy (non-hydrogen) atoms. The van der Waals surface area contributed by atoms with Gasteiger partial charge < -0.3 is 14.2 Å². The van der Waals surface area contributed by atoms with E-state index in [2.05, 4.69) is 10.3 Å². The van der Waals surface area contributed by atoms with Gasteiger partial charge >= 0.3 is 5.97 Å². The van der Waals surface area contributed by atoms with Crippen molar-refractivity contribution in [2.45, 2.75) is 6.92 Å². The van der Waals surface area contributed by atoms with Gasteiger partial charge in [0.2, 0.25) is 0 Å². The first-order chi connectivity index (χ1) is 13.5. The Kier molecular flexibility index (Phi) is 6.38. The Morgan fingerprint density at radius 1 is 1.07 bits per heavy atom. The number of rotatable bonds is 8. The highest BCUT2D eigenvalue weighted by atomic mass is 32.1. The molecule has 3 rings (SSSR count). The number of benzene rings is 2. The zero-order valence-corrected chi connectivity index (χ0v) is 15.8. The van der Waals surface area contributed by atoms with Gasteiger partial charge in [0, 0.05) is 0 Å². The van der Waals surface area contributed by atoms with Gasteiger partial charge in [0.25, 0.3) is 5.91 Å². The van der Waals surface area contributed by atoms with Gasteiger partial charge in [-0.2, -0.15) is 0 Å². The lowest BCUT2D eigenvalue weighted by Crippen LogP contribution is -2.23. The predicted molar refractivity (Wildman–Crippen MR) is 102 cm³/mol. The maximum atomic E-state index is 12.8. The van der Waals surface area contributed by atoms with Crippen LogP contribution in [0.1, 0.15) is 6.92 Å². The summed E-state index contributed by atoms with van der Waals surface area (Å²) < 4.78 is 29.1. The molecule has 0 radical (unpaired) electrons. The minimum atomic E-state index is -0.717. The van der Waals surface area contributed by atoms with Gasteiger partial charge in [-0.15, -0.1) is 0 Å². The smallest absolute Gasteiger partial charge is 0.344 e. The van der Waals surface area contributed by atoms with E-state index < -0.39 is 24.3 Å². The Morgan fingerprint density at radius 2 is 1.82 bits per heavy atom. The number of thiazole rings is 1. The quantitative estimate of drug-likeness (QED) is 0.579. The molecule has 1 heterocycles. The van der Waals surface area contributed by atoms with Crippen LogP contribution in [0.5, 0.6) is 11.5 Å². The van der Waals surface area contributed by atoms with E-state index in [1.54, 1.807) is 12.1 Å². The van der Waals surface area contributed by atoms with Crippen molar-refractivity contribution in [1.82, 2.24) is 4.98 Å². The fourth-order valence-electron chi connectivity index (χ4n) is 2.23. The number of anilines is 1. The van der Waals surface area contributed by atoms with E-state index in [1.165, 1.54) is 35.6 Å². The number of nitrogens with one attached hydrogen (secondary N) is 1. The number of carbonyl (C=O) groups is 2. The molecule has 0 unspecified atom stereocenters. The second-order valence-corrected chi connectivity index (χ2v) is 6.56. The Balaban J connectivity index is 1.46. The van der Waals surface area contributed by atoms with E-state index in [1.807, 2.05) is 13.0 Å². The number of carbonyl (C=O) groups excluding carboxylic acids is 2. The molecule has 0 aliphatic carbocycles. The number of hydrogen-bond acceptors (Lipinski definition) is 7. The number of amides is 1. The molecule has 146 valence electrons. The molecule has 0 fully saturated rings. The summed E-state index contributed by atoms with van der Waals surface area (Å²) in [5.41, 5.74) is 0.730. The Hall–Kier alpha value is -3.20. The highest BCUT2D eigenvalue weighted by Gasteiger charge is 2.12. The molecule has 0 aliphatic heterocycles. The molecule has 0 saturated carbocycles. The second-order valence-electron chi connectivity index (χ2n) is 5.53. The first-order valence-electron chi connectivity index (χ1n) is 8.40. The van der Waals surface area contributed by atoms with Gasteiger partial charge in [-0.3, -0.25) is 10.1 Å². The number of nitrogens with zero attached hydrogens (tertiary/aromatic N) is 1. The van der Waals surface area contributed by atoms with E-state index in [9.17, 15) is 14.0 Å². The standard InChI is InChI=1S/C19H17FN2O5S/c1-2-25-14-7-8-15-16(9-14)28-19(21-15)22-17(23)10-27-18(24)11-26-13-5-3-12(20)4-6-13/h3-9H,2,10-11H2,1H3,(H,21,22,23).